The van der Waals surface area contributed by atoms with Gasteiger partial charge in [-0.3, -0.25) is 13.3 Å². The summed E-state index contributed by atoms with van der Waals surface area (Å²) in [4.78, 5) is 12.9. The number of amides is 1. The van der Waals surface area contributed by atoms with Crippen LogP contribution in [0.2, 0.25) is 0 Å². The third kappa shape index (κ3) is 5.94. The molecule has 0 radical (unpaired) electrons. The van der Waals surface area contributed by atoms with E-state index in [0.29, 0.717) is 12.1 Å². The fourth-order valence-electron chi connectivity index (χ4n) is 3.49. The van der Waals surface area contributed by atoms with Crippen molar-refractivity contribution in [3.05, 3.63) is 107 Å². The summed E-state index contributed by atoms with van der Waals surface area (Å²) >= 11 is -1.92. The molecular formula is C24H19F2N4O3S2-. The first-order valence-corrected chi connectivity index (χ1v) is 12.3. The molecule has 1 N–H and O–H groups in total. The van der Waals surface area contributed by atoms with Gasteiger partial charge in [0.2, 0.25) is 0 Å². The maximum absolute atomic E-state index is 13.9. The normalized spacial score (nSPS) is 11.7. The van der Waals surface area contributed by atoms with Gasteiger partial charge in [0.15, 0.2) is 5.82 Å². The van der Waals surface area contributed by atoms with E-state index in [0.717, 1.165) is 33.7 Å². The zero-order chi connectivity index (χ0) is 24.8. The molecule has 35 heavy (non-hydrogen) atoms. The zero-order valence-electron chi connectivity index (χ0n) is 18.2. The van der Waals surface area contributed by atoms with Crippen molar-refractivity contribution in [2.75, 3.05) is 10.8 Å². The quantitative estimate of drug-likeness (QED) is 0.336. The molecule has 11 heteroatoms. The Labute approximate surface area is 207 Å². The first kappa shape index (κ1) is 24.6. The Bertz CT molecular complexity index is 1350. The Kier molecular flexibility index (Phi) is 7.91. The summed E-state index contributed by atoms with van der Waals surface area (Å²) in [6.45, 7) is 0.0632. The topological polar surface area (TPSA) is 98.2 Å². The lowest BCUT2D eigenvalue weighted by molar-refractivity contribution is 0.0954. The molecule has 4 rings (SSSR count). The average molecular weight is 514 g/mol. The number of hydrogen-bond acceptors (Lipinski definition) is 6. The summed E-state index contributed by atoms with van der Waals surface area (Å²) in [6, 6.07) is 18.8. The summed E-state index contributed by atoms with van der Waals surface area (Å²) < 4.78 is 61.0. The summed E-state index contributed by atoms with van der Waals surface area (Å²) in [5.74, 6) is -1.82. The number of benzene rings is 3. The molecule has 0 saturated carbocycles. The first-order valence-electron chi connectivity index (χ1n) is 10.5. The van der Waals surface area contributed by atoms with E-state index < -0.39 is 28.8 Å². The van der Waals surface area contributed by atoms with Crippen molar-refractivity contribution in [2.24, 2.45) is 0 Å². The van der Waals surface area contributed by atoms with Gasteiger partial charge in [-0.1, -0.05) is 48.5 Å². The Morgan fingerprint density at radius 1 is 1.03 bits per heavy atom. The fourth-order valence-corrected chi connectivity index (χ4v) is 4.70. The molecule has 3 aromatic carbocycles. The second-order valence-corrected chi connectivity index (χ2v) is 8.79. The number of halogens is 2. The SMILES string of the molecule is O=C(NCCc1ccc(F)cc1F)c1ccccc1N(c1nsnc1Cc1ccccc1)S(=O)[O-]. The van der Waals surface area contributed by atoms with Crippen molar-refractivity contribution in [1.29, 1.82) is 0 Å². The van der Waals surface area contributed by atoms with Crippen molar-refractivity contribution in [3.63, 3.8) is 0 Å². The standard InChI is InChI=1S/C24H20F2N4O3S2/c25-18-11-10-17(20(26)15-18)12-13-27-24(31)19-8-4-5-9-22(19)30(35(32)33)23-21(28-34-29-23)14-16-6-2-1-3-7-16/h1-11,15H,12-14H2,(H,27,31)(H,32,33)/p-1. The predicted molar refractivity (Wildman–Crippen MR) is 129 cm³/mol. The van der Waals surface area contributed by atoms with Crippen LogP contribution >= 0.6 is 11.7 Å². The van der Waals surface area contributed by atoms with E-state index in [2.05, 4.69) is 14.1 Å². The van der Waals surface area contributed by atoms with Crippen LogP contribution in [0.15, 0.2) is 72.8 Å². The van der Waals surface area contributed by atoms with Gasteiger partial charge in [-0.2, -0.15) is 8.75 Å². The lowest BCUT2D eigenvalue weighted by Crippen LogP contribution is -2.29. The Balaban J connectivity index is 1.56. The maximum Gasteiger partial charge on any atom is 0.253 e. The van der Waals surface area contributed by atoms with Gasteiger partial charge in [0, 0.05) is 19.0 Å². The molecule has 1 atom stereocenters. The van der Waals surface area contributed by atoms with Crippen LogP contribution in [0.5, 0.6) is 0 Å². The zero-order valence-corrected chi connectivity index (χ0v) is 19.8. The van der Waals surface area contributed by atoms with Crippen molar-refractivity contribution in [1.82, 2.24) is 14.1 Å². The van der Waals surface area contributed by atoms with Crippen LogP contribution < -0.4 is 9.62 Å². The second-order valence-electron chi connectivity index (χ2n) is 7.47. The monoisotopic (exact) mass is 513 g/mol. The van der Waals surface area contributed by atoms with Crippen molar-refractivity contribution in [3.8, 4) is 0 Å². The lowest BCUT2D eigenvalue weighted by atomic mass is 10.1. The third-order valence-corrected chi connectivity index (χ3v) is 6.38. The van der Waals surface area contributed by atoms with Crippen LogP contribution in [-0.4, -0.2) is 30.0 Å². The maximum atomic E-state index is 13.9. The molecule has 180 valence electrons. The average Bonchev–Trinajstić information content (AvgIpc) is 3.28. The van der Waals surface area contributed by atoms with E-state index in [1.54, 1.807) is 12.1 Å². The van der Waals surface area contributed by atoms with Crippen molar-refractivity contribution in [2.45, 2.75) is 12.8 Å². The number of anilines is 2. The van der Waals surface area contributed by atoms with E-state index in [-0.39, 0.29) is 35.6 Å². The molecule has 0 aliphatic heterocycles. The first-order chi connectivity index (χ1) is 16.9. The molecule has 1 unspecified atom stereocenters. The summed E-state index contributed by atoms with van der Waals surface area (Å²) in [6.07, 6.45) is 0.492. The van der Waals surface area contributed by atoms with Crippen molar-refractivity contribution < 1.29 is 22.3 Å². The Hall–Kier alpha value is -3.54. The summed E-state index contributed by atoms with van der Waals surface area (Å²) in [5, 5.41) is 2.66. The van der Waals surface area contributed by atoms with Crippen LogP contribution in [0.3, 0.4) is 0 Å². The van der Waals surface area contributed by atoms with Crippen LogP contribution in [0.4, 0.5) is 20.3 Å². The van der Waals surface area contributed by atoms with Gasteiger partial charge in [-0.15, -0.1) is 0 Å². The Morgan fingerprint density at radius 2 is 1.77 bits per heavy atom. The van der Waals surface area contributed by atoms with Gasteiger partial charge in [0.05, 0.1) is 34.2 Å². The van der Waals surface area contributed by atoms with Gasteiger partial charge in [-0.25, -0.2) is 8.78 Å². The molecule has 1 amide bonds. The van der Waals surface area contributed by atoms with Crippen LogP contribution in [0, 0.1) is 11.6 Å². The predicted octanol–water partition coefficient (Wildman–Crippen LogP) is 4.31. The minimum absolute atomic E-state index is 0.0632. The molecule has 0 aliphatic carbocycles. The van der Waals surface area contributed by atoms with Crippen LogP contribution in [0.1, 0.15) is 27.2 Å². The molecule has 0 spiro atoms. The third-order valence-electron chi connectivity index (χ3n) is 5.15. The minimum Gasteiger partial charge on any atom is -0.755 e. The largest absolute Gasteiger partial charge is 0.755 e. The summed E-state index contributed by atoms with van der Waals surface area (Å²) in [7, 11) is 0. The molecule has 7 nitrogen and oxygen atoms in total. The second kappa shape index (κ2) is 11.3. The highest BCUT2D eigenvalue weighted by molar-refractivity contribution is 7.81. The van der Waals surface area contributed by atoms with E-state index in [1.165, 1.54) is 18.2 Å². The number of para-hydroxylation sites is 1. The molecule has 0 saturated heterocycles. The number of carbonyl (C=O) groups is 1. The number of hydrogen-bond donors (Lipinski definition) is 1. The molecular weight excluding hydrogens is 494 g/mol. The fraction of sp³-hybridized carbons (Fsp3) is 0.125. The van der Waals surface area contributed by atoms with Gasteiger partial charge in [0.25, 0.3) is 5.91 Å². The number of nitrogens with zero attached hydrogens (tertiary/aromatic N) is 3. The molecule has 1 aromatic heterocycles. The number of nitrogens with one attached hydrogen (secondary N) is 1. The van der Waals surface area contributed by atoms with Gasteiger partial charge < -0.3 is 9.87 Å². The van der Waals surface area contributed by atoms with Crippen LogP contribution in [-0.2, 0) is 24.1 Å². The van der Waals surface area contributed by atoms with E-state index >= 15 is 0 Å². The number of carbonyl (C=O) groups excluding carboxylic acids is 1. The van der Waals surface area contributed by atoms with Gasteiger partial charge >= 0.3 is 0 Å². The van der Waals surface area contributed by atoms with E-state index in [4.69, 9.17) is 0 Å². The minimum atomic E-state index is -2.80. The smallest absolute Gasteiger partial charge is 0.253 e. The molecule has 0 fully saturated rings. The molecule has 4 aromatic rings. The molecule has 0 aliphatic rings. The van der Waals surface area contributed by atoms with Crippen molar-refractivity contribution >= 4 is 40.4 Å². The highest BCUT2D eigenvalue weighted by Gasteiger charge is 2.24. The molecule has 0 bridgehead atoms. The molecule has 1 heterocycles. The van der Waals surface area contributed by atoms with Gasteiger partial charge in [0.1, 0.15) is 17.3 Å². The number of rotatable bonds is 9. The van der Waals surface area contributed by atoms with Gasteiger partial charge in [-0.05, 0) is 35.7 Å². The van der Waals surface area contributed by atoms with Crippen LogP contribution in [0.25, 0.3) is 0 Å². The summed E-state index contributed by atoms with van der Waals surface area (Å²) in [5.41, 5.74) is 1.83. The lowest BCUT2D eigenvalue weighted by Gasteiger charge is -2.26. The highest BCUT2D eigenvalue weighted by atomic mass is 32.2. The van der Waals surface area contributed by atoms with E-state index in [9.17, 15) is 22.3 Å². The highest BCUT2D eigenvalue weighted by Crippen LogP contribution is 2.32. The number of aromatic nitrogens is 2. The van der Waals surface area contributed by atoms with E-state index in [1.807, 2.05) is 30.3 Å². The Morgan fingerprint density at radius 3 is 2.51 bits per heavy atom.